The topological polar surface area (TPSA) is 23.9 Å². The fraction of sp³-hybridized carbons (Fsp3) is 0.0833. The van der Waals surface area contributed by atoms with E-state index in [4.69, 9.17) is 5.41 Å². The lowest BCUT2D eigenvalue weighted by molar-refractivity contribution is 1.39. The molecule has 0 bridgehead atoms. The molecule has 1 heteroatoms. The monoisotopic (exact) mass is 171 g/mol. The van der Waals surface area contributed by atoms with Crippen LogP contribution in [0, 0.1) is 5.41 Å². The first-order valence-electron chi connectivity index (χ1n) is 4.24. The van der Waals surface area contributed by atoms with Crippen LogP contribution in [0.5, 0.6) is 0 Å². The molecule has 1 aromatic carbocycles. The highest BCUT2D eigenvalue weighted by atomic mass is 14.4. The van der Waals surface area contributed by atoms with Crippen LogP contribution >= 0.6 is 0 Å². The average Bonchev–Trinajstić information content (AvgIpc) is 2.17. The molecule has 0 atom stereocenters. The maximum Gasteiger partial charge on any atom is 0.0351 e. The number of rotatable bonds is 4. The van der Waals surface area contributed by atoms with E-state index < -0.39 is 0 Å². The molecule has 0 radical (unpaired) electrons. The molecule has 0 unspecified atom stereocenters. The van der Waals surface area contributed by atoms with Crippen molar-refractivity contribution in [2.24, 2.45) is 0 Å². The Bertz CT molecular complexity index is 309. The van der Waals surface area contributed by atoms with E-state index in [1.54, 1.807) is 12.2 Å². The van der Waals surface area contributed by atoms with Crippen molar-refractivity contribution in [1.29, 1.82) is 5.41 Å². The van der Waals surface area contributed by atoms with E-state index in [0.29, 0.717) is 12.1 Å². The fourth-order valence-corrected chi connectivity index (χ4v) is 0.985. The average molecular weight is 171 g/mol. The predicted octanol–water partition coefficient (Wildman–Crippen LogP) is 3.30. The minimum absolute atomic E-state index is 0.582. The SMILES string of the molecule is C=CCC(=N)/C=C/c1ccccc1. The molecule has 0 amide bonds. The Labute approximate surface area is 78.9 Å². The summed E-state index contributed by atoms with van der Waals surface area (Å²) in [6.45, 7) is 3.58. The van der Waals surface area contributed by atoms with Crippen LogP contribution in [-0.2, 0) is 0 Å². The minimum Gasteiger partial charge on any atom is -0.305 e. The van der Waals surface area contributed by atoms with Gasteiger partial charge in [0.1, 0.15) is 0 Å². The zero-order valence-electron chi connectivity index (χ0n) is 7.53. The maximum atomic E-state index is 7.48. The van der Waals surface area contributed by atoms with E-state index in [0.717, 1.165) is 5.56 Å². The summed E-state index contributed by atoms with van der Waals surface area (Å²) < 4.78 is 0. The van der Waals surface area contributed by atoms with Gasteiger partial charge in [-0.2, -0.15) is 0 Å². The summed E-state index contributed by atoms with van der Waals surface area (Å²) in [6.07, 6.45) is 6.10. The van der Waals surface area contributed by atoms with Crippen LogP contribution in [0.3, 0.4) is 0 Å². The quantitative estimate of drug-likeness (QED) is 0.531. The van der Waals surface area contributed by atoms with E-state index in [1.165, 1.54) is 0 Å². The zero-order chi connectivity index (χ0) is 9.52. The van der Waals surface area contributed by atoms with Crippen LogP contribution in [0.2, 0.25) is 0 Å². The lowest BCUT2D eigenvalue weighted by atomic mass is 10.2. The first-order valence-corrected chi connectivity index (χ1v) is 4.24. The molecule has 1 nitrogen and oxygen atoms in total. The smallest absolute Gasteiger partial charge is 0.0351 e. The highest BCUT2D eigenvalue weighted by Crippen LogP contribution is 2.01. The molecule has 0 spiro atoms. The van der Waals surface area contributed by atoms with Gasteiger partial charge in [-0.3, -0.25) is 0 Å². The molecule has 0 aliphatic carbocycles. The third kappa shape index (κ3) is 3.52. The van der Waals surface area contributed by atoms with Crippen molar-refractivity contribution in [3.05, 3.63) is 54.6 Å². The third-order valence-electron chi connectivity index (χ3n) is 1.64. The van der Waals surface area contributed by atoms with Crippen LogP contribution in [-0.4, -0.2) is 5.71 Å². The van der Waals surface area contributed by atoms with Crippen LogP contribution in [0.4, 0.5) is 0 Å². The maximum absolute atomic E-state index is 7.48. The van der Waals surface area contributed by atoms with Crippen molar-refractivity contribution in [1.82, 2.24) is 0 Å². The van der Waals surface area contributed by atoms with Crippen molar-refractivity contribution < 1.29 is 0 Å². The van der Waals surface area contributed by atoms with Crippen LogP contribution in [0.15, 0.2) is 49.1 Å². The molecule has 0 saturated carbocycles. The number of hydrogen-bond acceptors (Lipinski definition) is 1. The summed E-state index contributed by atoms with van der Waals surface area (Å²) in [4.78, 5) is 0. The molecule has 1 aromatic rings. The van der Waals surface area contributed by atoms with E-state index in [2.05, 4.69) is 6.58 Å². The summed E-state index contributed by atoms with van der Waals surface area (Å²) in [6, 6.07) is 9.97. The van der Waals surface area contributed by atoms with E-state index in [9.17, 15) is 0 Å². The van der Waals surface area contributed by atoms with Gasteiger partial charge >= 0.3 is 0 Å². The van der Waals surface area contributed by atoms with Crippen molar-refractivity contribution in [3.8, 4) is 0 Å². The van der Waals surface area contributed by atoms with Gasteiger partial charge in [0.15, 0.2) is 0 Å². The van der Waals surface area contributed by atoms with Gasteiger partial charge in [0.05, 0.1) is 0 Å². The first kappa shape index (κ1) is 9.46. The van der Waals surface area contributed by atoms with Gasteiger partial charge in [0.2, 0.25) is 0 Å². The molecular formula is C12H13N. The third-order valence-corrected chi connectivity index (χ3v) is 1.64. The summed E-state index contributed by atoms with van der Waals surface area (Å²) in [5.41, 5.74) is 1.70. The molecule has 0 saturated heterocycles. The van der Waals surface area contributed by atoms with Gasteiger partial charge in [0.25, 0.3) is 0 Å². The highest BCUT2D eigenvalue weighted by Gasteiger charge is 1.86. The lowest BCUT2D eigenvalue weighted by Crippen LogP contribution is -1.86. The Morgan fingerprint density at radius 2 is 2.00 bits per heavy atom. The van der Waals surface area contributed by atoms with Gasteiger partial charge in [-0.1, -0.05) is 42.5 Å². The van der Waals surface area contributed by atoms with Gasteiger partial charge in [-0.15, -0.1) is 6.58 Å². The number of hydrogen-bond donors (Lipinski definition) is 1. The van der Waals surface area contributed by atoms with Gasteiger partial charge in [-0.05, 0) is 11.6 Å². The highest BCUT2D eigenvalue weighted by molar-refractivity contribution is 5.96. The van der Waals surface area contributed by atoms with Gasteiger partial charge < -0.3 is 5.41 Å². The summed E-state index contributed by atoms with van der Waals surface area (Å²) >= 11 is 0. The summed E-state index contributed by atoms with van der Waals surface area (Å²) in [7, 11) is 0. The second-order valence-corrected chi connectivity index (χ2v) is 2.76. The summed E-state index contributed by atoms with van der Waals surface area (Å²) in [5.74, 6) is 0. The van der Waals surface area contributed by atoms with E-state index in [-0.39, 0.29) is 0 Å². The van der Waals surface area contributed by atoms with Crippen LogP contribution in [0.1, 0.15) is 12.0 Å². The van der Waals surface area contributed by atoms with Crippen molar-refractivity contribution in [2.75, 3.05) is 0 Å². The predicted molar refractivity (Wildman–Crippen MR) is 58.0 cm³/mol. The molecule has 0 aliphatic rings. The fourth-order valence-electron chi connectivity index (χ4n) is 0.985. The summed E-state index contributed by atoms with van der Waals surface area (Å²) in [5, 5.41) is 7.48. The van der Waals surface area contributed by atoms with Gasteiger partial charge in [0, 0.05) is 12.1 Å². The second kappa shape index (κ2) is 5.09. The van der Waals surface area contributed by atoms with Crippen molar-refractivity contribution in [3.63, 3.8) is 0 Å². The zero-order valence-corrected chi connectivity index (χ0v) is 7.53. The molecular weight excluding hydrogens is 158 g/mol. The Hall–Kier alpha value is -1.63. The van der Waals surface area contributed by atoms with E-state index in [1.807, 2.05) is 36.4 Å². The Morgan fingerprint density at radius 3 is 2.62 bits per heavy atom. The minimum atomic E-state index is 0.582. The Kier molecular flexibility index (Phi) is 3.71. The molecule has 0 aromatic heterocycles. The molecule has 0 heterocycles. The first-order chi connectivity index (χ1) is 6.33. The Morgan fingerprint density at radius 1 is 1.31 bits per heavy atom. The molecule has 0 fully saturated rings. The van der Waals surface area contributed by atoms with Crippen molar-refractivity contribution >= 4 is 11.8 Å². The largest absolute Gasteiger partial charge is 0.305 e. The molecule has 66 valence electrons. The van der Waals surface area contributed by atoms with Crippen LogP contribution < -0.4 is 0 Å². The second-order valence-electron chi connectivity index (χ2n) is 2.76. The molecule has 13 heavy (non-hydrogen) atoms. The van der Waals surface area contributed by atoms with Crippen molar-refractivity contribution in [2.45, 2.75) is 6.42 Å². The number of nitrogens with one attached hydrogen (secondary N) is 1. The van der Waals surface area contributed by atoms with Crippen LogP contribution in [0.25, 0.3) is 6.08 Å². The number of benzene rings is 1. The Balaban J connectivity index is 2.58. The van der Waals surface area contributed by atoms with Gasteiger partial charge in [-0.25, -0.2) is 0 Å². The van der Waals surface area contributed by atoms with E-state index >= 15 is 0 Å². The standard InChI is InChI=1S/C12H13N/c1-2-6-12(13)10-9-11-7-4-3-5-8-11/h2-5,7-10,13H,1,6H2/b10-9+,13-12?. The molecule has 1 N–H and O–H groups in total. The number of allylic oxidation sites excluding steroid dienone is 2. The molecule has 1 rings (SSSR count). The lowest BCUT2D eigenvalue weighted by Gasteiger charge is -1.92. The normalized spacial score (nSPS) is 10.2. The molecule has 0 aliphatic heterocycles.